The maximum Gasteiger partial charge on any atom is 0.271 e. The van der Waals surface area contributed by atoms with Crippen molar-refractivity contribution in [2.24, 2.45) is 0 Å². The molecule has 1 aliphatic heterocycles. The Labute approximate surface area is 125 Å². The van der Waals surface area contributed by atoms with Crippen molar-refractivity contribution in [3.8, 4) is 0 Å². The van der Waals surface area contributed by atoms with E-state index in [4.69, 9.17) is 4.74 Å². The van der Waals surface area contributed by atoms with E-state index in [0.717, 1.165) is 30.5 Å². The van der Waals surface area contributed by atoms with Crippen LogP contribution in [0.5, 0.6) is 0 Å². The number of carbonyl (C=O) groups excluding carboxylic acids is 1. The number of amides is 1. The third-order valence-electron chi connectivity index (χ3n) is 3.59. The van der Waals surface area contributed by atoms with Crippen molar-refractivity contribution in [1.29, 1.82) is 0 Å². The fourth-order valence-electron chi connectivity index (χ4n) is 2.42. The van der Waals surface area contributed by atoms with E-state index in [1.807, 2.05) is 12.3 Å². The Bertz CT molecular complexity index is 716. The van der Waals surface area contributed by atoms with E-state index < -0.39 is 0 Å². The molecule has 1 atom stereocenters. The molecule has 7 heteroatoms. The van der Waals surface area contributed by atoms with Crippen LogP contribution in [0.1, 0.15) is 18.4 Å². The summed E-state index contributed by atoms with van der Waals surface area (Å²) >= 11 is 1.37. The zero-order valence-electron chi connectivity index (χ0n) is 11.8. The van der Waals surface area contributed by atoms with Crippen LogP contribution >= 0.6 is 11.3 Å². The number of carbonyl (C=O) groups is 1. The fourth-order valence-corrected chi connectivity index (χ4v) is 3.37. The number of hydrogen-bond acceptors (Lipinski definition) is 5. The first-order valence-electron chi connectivity index (χ1n) is 6.96. The van der Waals surface area contributed by atoms with E-state index in [0.29, 0.717) is 11.2 Å². The van der Waals surface area contributed by atoms with Gasteiger partial charge in [0.15, 0.2) is 0 Å². The third-order valence-corrected chi connectivity index (χ3v) is 4.66. The van der Waals surface area contributed by atoms with Crippen molar-refractivity contribution in [2.75, 3.05) is 13.2 Å². The number of hydrogen-bond donors (Lipinski definition) is 1. The molecule has 0 aromatic carbocycles. The lowest BCUT2D eigenvalue weighted by atomic mass is 10.2. The van der Waals surface area contributed by atoms with Gasteiger partial charge in [-0.2, -0.15) is 0 Å². The van der Waals surface area contributed by atoms with Gasteiger partial charge in [0.05, 0.1) is 17.9 Å². The van der Waals surface area contributed by atoms with Crippen LogP contribution in [-0.4, -0.2) is 34.7 Å². The summed E-state index contributed by atoms with van der Waals surface area (Å²) in [7, 11) is 0. The molecule has 1 aliphatic rings. The van der Waals surface area contributed by atoms with Gasteiger partial charge in [0.1, 0.15) is 11.2 Å². The summed E-state index contributed by atoms with van der Waals surface area (Å²) < 4.78 is 7.39. The highest BCUT2D eigenvalue weighted by Gasteiger charge is 2.16. The van der Waals surface area contributed by atoms with Crippen LogP contribution in [0.2, 0.25) is 0 Å². The minimum atomic E-state index is -0.193. The summed E-state index contributed by atoms with van der Waals surface area (Å²) in [6, 6.07) is 0. The number of ether oxygens (including phenoxy) is 1. The van der Waals surface area contributed by atoms with Crippen LogP contribution in [0.4, 0.5) is 0 Å². The summed E-state index contributed by atoms with van der Waals surface area (Å²) in [5.41, 5.74) is 1.55. The average molecular weight is 307 g/mol. The summed E-state index contributed by atoms with van der Waals surface area (Å²) in [4.78, 5) is 28.4. The molecule has 1 amide bonds. The Hall–Kier alpha value is -1.73. The van der Waals surface area contributed by atoms with Crippen LogP contribution in [-0.2, 0) is 16.1 Å². The molecule has 3 rings (SSSR count). The van der Waals surface area contributed by atoms with Crippen molar-refractivity contribution in [3.63, 3.8) is 0 Å². The standard InChI is InChI=1S/C14H17N3O3S/c1-9-7-21-13-12(9)16-8-17(14(13)19)6-11(18)15-5-10-3-2-4-20-10/h7-8,10H,2-6H2,1H3,(H,15,18). The first kappa shape index (κ1) is 14.2. The van der Waals surface area contributed by atoms with E-state index in [-0.39, 0.29) is 24.1 Å². The monoisotopic (exact) mass is 307 g/mol. The normalized spacial score (nSPS) is 18.2. The molecule has 0 bridgehead atoms. The first-order valence-corrected chi connectivity index (χ1v) is 7.84. The van der Waals surface area contributed by atoms with E-state index in [9.17, 15) is 9.59 Å². The lowest BCUT2D eigenvalue weighted by molar-refractivity contribution is -0.122. The zero-order valence-corrected chi connectivity index (χ0v) is 12.6. The van der Waals surface area contributed by atoms with Gasteiger partial charge < -0.3 is 10.1 Å². The zero-order chi connectivity index (χ0) is 14.8. The van der Waals surface area contributed by atoms with Gasteiger partial charge in [0.25, 0.3) is 5.56 Å². The SMILES string of the molecule is Cc1csc2c(=O)n(CC(=O)NCC3CCCO3)cnc12. The number of rotatable bonds is 4. The van der Waals surface area contributed by atoms with Crippen molar-refractivity contribution in [2.45, 2.75) is 32.4 Å². The largest absolute Gasteiger partial charge is 0.376 e. The number of nitrogens with zero attached hydrogens (tertiary/aromatic N) is 2. The van der Waals surface area contributed by atoms with Crippen LogP contribution in [0.25, 0.3) is 10.2 Å². The highest BCUT2D eigenvalue weighted by Crippen LogP contribution is 2.19. The summed E-state index contributed by atoms with van der Waals surface area (Å²) in [6.45, 7) is 3.18. The van der Waals surface area contributed by atoms with E-state index in [1.54, 1.807) is 0 Å². The molecule has 3 heterocycles. The molecule has 1 fully saturated rings. The first-order chi connectivity index (χ1) is 10.1. The van der Waals surface area contributed by atoms with Crippen molar-refractivity contribution >= 4 is 27.5 Å². The van der Waals surface area contributed by atoms with Crippen molar-refractivity contribution in [1.82, 2.24) is 14.9 Å². The van der Waals surface area contributed by atoms with Crippen LogP contribution in [0.3, 0.4) is 0 Å². The Kier molecular flexibility index (Phi) is 4.03. The van der Waals surface area contributed by atoms with Gasteiger partial charge in [-0.15, -0.1) is 11.3 Å². The predicted molar refractivity (Wildman–Crippen MR) is 80.6 cm³/mol. The maximum atomic E-state index is 12.3. The van der Waals surface area contributed by atoms with E-state index in [2.05, 4.69) is 10.3 Å². The molecular weight excluding hydrogens is 290 g/mol. The lowest BCUT2D eigenvalue weighted by Crippen LogP contribution is -2.36. The van der Waals surface area contributed by atoms with Gasteiger partial charge in [0, 0.05) is 13.2 Å². The molecule has 2 aromatic heterocycles. The van der Waals surface area contributed by atoms with Crippen LogP contribution in [0.15, 0.2) is 16.5 Å². The second kappa shape index (κ2) is 5.95. The topological polar surface area (TPSA) is 73.2 Å². The molecule has 1 saturated heterocycles. The minimum Gasteiger partial charge on any atom is -0.376 e. The number of fused-ring (bicyclic) bond motifs is 1. The number of aryl methyl sites for hydroxylation is 1. The molecule has 21 heavy (non-hydrogen) atoms. The van der Waals surface area contributed by atoms with Gasteiger partial charge in [0.2, 0.25) is 5.91 Å². The Morgan fingerprint density at radius 1 is 1.62 bits per heavy atom. The average Bonchev–Trinajstić information content (AvgIpc) is 3.10. The Morgan fingerprint density at radius 2 is 2.48 bits per heavy atom. The lowest BCUT2D eigenvalue weighted by Gasteiger charge is -2.11. The number of nitrogens with one attached hydrogen (secondary N) is 1. The van der Waals surface area contributed by atoms with Crippen molar-refractivity contribution < 1.29 is 9.53 Å². The maximum absolute atomic E-state index is 12.3. The van der Waals surface area contributed by atoms with Gasteiger partial charge in [-0.05, 0) is 30.7 Å². The quantitative estimate of drug-likeness (QED) is 0.917. The van der Waals surface area contributed by atoms with E-state index >= 15 is 0 Å². The second-order valence-corrected chi connectivity index (χ2v) is 6.09. The van der Waals surface area contributed by atoms with Gasteiger partial charge >= 0.3 is 0 Å². The molecule has 2 aromatic rings. The Morgan fingerprint density at radius 3 is 3.24 bits per heavy atom. The summed E-state index contributed by atoms with van der Waals surface area (Å²) in [5, 5.41) is 4.71. The van der Waals surface area contributed by atoms with E-state index in [1.165, 1.54) is 22.2 Å². The highest BCUT2D eigenvalue weighted by molar-refractivity contribution is 7.17. The third kappa shape index (κ3) is 2.98. The smallest absolute Gasteiger partial charge is 0.271 e. The molecule has 1 N–H and O–H groups in total. The second-order valence-electron chi connectivity index (χ2n) is 5.21. The summed E-state index contributed by atoms with van der Waals surface area (Å²) in [6.07, 6.45) is 3.56. The number of aromatic nitrogens is 2. The predicted octanol–water partition coefficient (Wildman–Crippen LogP) is 1.06. The van der Waals surface area contributed by atoms with Gasteiger partial charge in [-0.3, -0.25) is 14.2 Å². The fraction of sp³-hybridized carbons (Fsp3) is 0.500. The molecule has 1 unspecified atom stereocenters. The molecule has 0 saturated carbocycles. The molecule has 0 aliphatic carbocycles. The van der Waals surface area contributed by atoms with Crippen LogP contribution < -0.4 is 10.9 Å². The van der Waals surface area contributed by atoms with Crippen molar-refractivity contribution in [3.05, 3.63) is 27.6 Å². The minimum absolute atomic E-state index is 0.00849. The number of thiophene rings is 1. The van der Waals surface area contributed by atoms with Crippen LogP contribution in [0, 0.1) is 6.92 Å². The van der Waals surface area contributed by atoms with Gasteiger partial charge in [-0.25, -0.2) is 4.98 Å². The molecule has 0 spiro atoms. The molecular formula is C14H17N3O3S. The molecule has 112 valence electrons. The molecule has 6 nitrogen and oxygen atoms in total. The molecule has 0 radical (unpaired) electrons. The summed E-state index contributed by atoms with van der Waals surface area (Å²) in [5.74, 6) is -0.193. The highest BCUT2D eigenvalue weighted by atomic mass is 32.1. The Balaban J connectivity index is 1.68. The van der Waals surface area contributed by atoms with Gasteiger partial charge in [-0.1, -0.05) is 0 Å².